The van der Waals surface area contributed by atoms with Gasteiger partial charge < -0.3 is 15.2 Å². The number of hydrogen-bond acceptors (Lipinski definition) is 4. The van der Waals surface area contributed by atoms with E-state index >= 15 is 0 Å². The van der Waals surface area contributed by atoms with Gasteiger partial charge in [0.05, 0.1) is 6.54 Å². The molecule has 2 rings (SSSR count). The fourth-order valence-corrected chi connectivity index (χ4v) is 3.57. The van der Waals surface area contributed by atoms with Crippen LogP contribution in [0.5, 0.6) is 0 Å². The molecule has 2 N–H and O–H groups in total. The highest BCUT2D eigenvalue weighted by atomic mass is 15.3. The highest BCUT2D eigenvalue weighted by molar-refractivity contribution is 5.79. The van der Waals surface area contributed by atoms with Crippen molar-refractivity contribution >= 4 is 5.96 Å². The molecule has 0 unspecified atom stereocenters. The van der Waals surface area contributed by atoms with Gasteiger partial charge >= 0.3 is 0 Å². The van der Waals surface area contributed by atoms with Gasteiger partial charge in [0.25, 0.3) is 0 Å². The maximum atomic E-state index is 4.83. The Hall–Kier alpha value is -2.41. The van der Waals surface area contributed by atoms with E-state index in [1.54, 1.807) is 6.33 Å². The Kier molecular flexibility index (Phi) is 10.3. The normalized spacial score (nSPS) is 12.2. The van der Waals surface area contributed by atoms with E-state index in [2.05, 4.69) is 95.2 Å². The van der Waals surface area contributed by atoms with Crippen molar-refractivity contribution in [2.75, 3.05) is 26.2 Å². The van der Waals surface area contributed by atoms with E-state index in [0.29, 0.717) is 12.1 Å². The van der Waals surface area contributed by atoms with Crippen LogP contribution < -0.4 is 10.6 Å². The number of rotatable bonds is 12. The molecule has 1 aromatic heterocycles. The van der Waals surface area contributed by atoms with Crippen molar-refractivity contribution in [3.8, 4) is 0 Å². The summed E-state index contributed by atoms with van der Waals surface area (Å²) in [5.74, 6) is 1.88. The first-order chi connectivity index (χ1) is 14.5. The third-order valence-electron chi connectivity index (χ3n) is 5.16. The zero-order valence-corrected chi connectivity index (χ0v) is 19.3. The summed E-state index contributed by atoms with van der Waals surface area (Å²) in [5.41, 5.74) is 1.33. The van der Waals surface area contributed by atoms with Crippen LogP contribution in [0.4, 0.5) is 0 Å². The van der Waals surface area contributed by atoms with Gasteiger partial charge in [0, 0.05) is 44.7 Å². The lowest BCUT2D eigenvalue weighted by molar-refractivity contribution is 0.181. The highest BCUT2D eigenvalue weighted by Gasteiger charge is 2.12. The molecular weight excluding hydrogens is 374 g/mol. The van der Waals surface area contributed by atoms with Crippen LogP contribution in [0.15, 0.2) is 41.7 Å². The molecule has 0 aliphatic heterocycles. The molecule has 1 aromatic carbocycles. The monoisotopic (exact) mass is 413 g/mol. The van der Waals surface area contributed by atoms with Crippen LogP contribution in [0.3, 0.4) is 0 Å². The first-order valence-electron chi connectivity index (χ1n) is 11.2. The maximum absolute atomic E-state index is 4.83. The average molecular weight is 414 g/mol. The van der Waals surface area contributed by atoms with Gasteiger partial charge in [0.2, 0.25) is 0 Å². The van der Waals surface area contributed by atoms with Crippen LogP contribution in [0.1, 0.15) is 46.0 Å². The Balaban J connectivity index is 1.90. The fourth-order valence-electron chi connectivity index (χ4n) is 3.57. The van der Waals surface area contributed by atoms with Gasteiger partial charge in [-0.2, -0.15) is 0 Å². The predicted molar refractivity (Wildman–Crippen MR) is 125 cm³/mol. The van der Waals surface area contributed by atoms with Crippen molar-refractivity contribution in [2.45, 2.75) is 66.1 Å². The summed E-state index contributed by atoms with van der Waals surface area (Å²) in [7, 11) is 0. The van der Waals surface area contributed by atoms with E-state index in [1.807, 2.05) is 0 Å². The Bertz CT molecular complexity index is 729. The van der Waals surface area contributed by atoms with Gasteiger partial charge in [0.1, 0.15) is 12.2 Å². The number of guanidine groups is 1. The third-order valence-corrected chi connectivity index (χ3v) is 5.16. The van der Waals surface area contributed by atoms with Crippen molar-refractivity contribution in [3.05, 3.63) is 48.0 Å². The van der Waals surface area contributed by atoms with Crippen LogP contribution in [0.25, 0.3) is 0 Å². The van der Waals surface area contributed by atoms with Crippen LogP contribution in [0.2, 0.25) is 0 Å². The minimum absolute atomic E-state index is 0.517. The maximum Gasteiger partial charge on any atom is 0.191 e. The lowest BCUT2D eigenvalue weighted by atomic mass is 10.1. The zero-order valence-electron chi connectivity index (χ0n) is 19.3. The van der Waals surface area contributed by atoms with Crippen LogP contribution in [-0.4, -0.2) is 63.9 Å². The van der Waals surface area contributed by atoms with Gasteiger partial charge in [-0.15, -0.1) is 10.2 Å². The summed E-state index contributed by atoms with van der Waals surface area (Å²) in [6.07, 6.45) is 3.65. The molecule has 0 radical (unpaired) electrons. The molecule has 0 aliphatic carbocycles. The standard InChI is InChI=1S/C23H39N7/c1-6-22-28-27-18-29(22)16-14-25-23(24-13-12-21-10-8-7-9-11-21)26-15-17-30(19(2)3)20(4)5/h7-11,18-20H,6,12-17H2,1-5H3,(H2,24,25,26). The fraction of sp³-hybridized carbons (Fsp3) is 0.609. The molecular formula is C23H39N7. The Morgan fingerprint density at radius 3 is 2.43 bits per heavy atom. The topological polar surface area (TPSA) is 70.4 Å². The molecule has 30 heavy (non-hydrogen) atoms. The average Bonchev–Trinajstić information content (AvgIpc) is 3.18. The molecule has 0 aliphatic rings. The van der Waals surface area contributed by atoms with Crippen molar-refractivity contribution < 1.29 is 0 Å². The summed E-state index contributed by atoms with van der Waals surface area (Å²) in [6, 6.07) is 11.6. The lowest BCUT2D eigenvalue weighted by Crippen LogP contribution is -2.42. The van der Waals surface area contributed by atoms with Gasteiger partial charge in [0.15, 0.2) is 5.96 Å². The number of aliphatic imine (C=N–C) groups is 1. The SMILES string of the molecule is CCc1nncn1CCNC(=NCCN(C(C)C)C(C)C)NCCc1ccccc1. The largest absolute Gasteiger partial charge is 0.356 e. The van der Waals surface area contributed by atoms with E-state index < -0.39 is 0 Å². The Labute approximate surface area is 182 Å². The van der Waals surface area contributed by atoms with E-state index in [0.717, 1.165) is 57.3 Å². The number of nitrogens with zero attached hydrogens (tertiary/aromatic N) is 5. The molecule has 0 saturated carbocycles. The van der Waals surface area contributed by atoms with E-state index in [-0.39, 0.29) is 0 Å². The molecule has 166 valence electrons. The van der Waals surface area contributed by atoms with Crippen molar-refractivity contribution in [1.29, 1.82) is 0 Å². The number of aryl methyl sites for hydroxylation is 1. The quantitative estimate of drug-likeness (QED) is 0.414. The molecule has 0 amide bonds. The lowest BCUT2D eigenvalue weighted by Gasteiger charge is -2.29. The van der Waals surface area contributed by atoms with Crippen molar-refractivity contribution in [2.24, 2.45) is 4.99 Å². The van der Waals surface area contributed by atoms with Crippen molar-refractivity contribution in [3.63, 3.8) is 0 Å². The first-order valence-corrected chi connectivity index (χ1v) is 11.2. The number of aromatic nitrogens is 3. The van der Waals surface area contributed by atoms with Gasteiger partial charge in [-0.25, -0.2) is 0 Å². The number of hydrogen-bond donors (Lipinski definition) is 2. The Morgan fingerprint density at radius 2 is 1.77 bits per heavy atom. The van der Waals surface area contributed by atoms with Gasteiger partial charge in [-0.3, -0.25) is 9.89 Å². The summed E-state index contributed by atoms with van der Waals surface area (Å²) in [6.45, 7) is 15.2. The second-order valence-corrected chi connectivity index (χ2v) is 8.04. The second kappa shape index (κ2) is 13.0. The zero-order chi connectivity index (χ0) is 21.8. The third kappa shape index (κ3) is 8.14. The molecule has 0 atom stereocenters. The van der Waals surface area contributed by atoms with Crippen molar-refractivity contribution in [1.82, 2.24) is 30.3 Å². The Morgan fingerprint density at radius 1 is 1.07 bits per heavy atom. The van der Waals surface area contributed by atoms with E-state index in [4.69, 9.17) is 4.99 Å². The molecule has 2 aromatic rings. The second-order valence-electron chi connectivity index (χ2n) is 8.04. The smallest absolute Gasteiger partial charge is 0.191 e. The van der Waals surface area contributed by atoms with E-state index in [1.165, 1.54) is 5.56 Å². The summed E-state index contributed by atoms with van der Waals surface area (Å²) in [5, 5.41) is 15.1. The number of benzene rings is 1. The molecule has 0 spiro atoms. The first kappa shape index (κ1) is 23.9. The van der Waals surface area contributed by atoms with Crippen LogP contribution in [-0.2, 0) is 19.4 Å². The van der Waals surface area contributed by atoms with Gasteiger partial charge in [-0.05, 0) is 39.7 Å². The summed E-state index contributed by atoms with van der Waals surface area (Å²) in [4.78, 5) is 7.30. The van der Waals surface area contributed by atoms with Crippen LogP contribution in [0, 0.1) is 0 Å². The van der Waals surface area contributed by atoms with Crippen LogP contribution >= 0.6 is 0 Å². The highest BCUT2D eigenvalue weighted by Crippen LogP contribution is 2.04. The van der Waals surface area contributed by atoms with Gasteiger partial charge in [-0.1, -0.05) is 37.3 Å². The molecule has 7 heteroatoms. The molecule has 1 heterocycles. The minimum Gasteiger partial charge on any atom is -0.356 e. The molecule has 0 bridgehead atoms. The summed E-state index contributed by atoms with van der Waals surface area (Å²) < 4.78 is 2.09. The molecule has 0 saturated heterocycles. The minimum atomic E-state index is 0.517. The van der Waals surface area contributed by atoms with E-state index in [9.17, 15) is 0 Å². The summed E-state index contributed by atoms with van der Waals surface area (Å²) >= 11 is 0. The molecule has 0 fully saturated rings. The number of nitrogens with one attached hydrogen (secondary N) is 2. The predicted octanol–water partition coefficient (Wildman–Crippen LogP) is 2.74. The molecule has 7 nitrogen and oxygen atoms in total.